The van der Waals surface area contributed by atoms with Crippen molar-refractivity contribution in [3.05, 3.63) is 54.1 Å². The molecule has 0 saturated heterocycles. The Labute approximate surface area is 189 Å². The highest BCUT2D eigenvalue weighted by Gasteiger charge is 2.21. The number of carbonyl (C=O) groups excluding carboxylic acids is 1. The van der Waals surface area contributed by atoms with Gasteiger partial charge in [-0.2, -0.15) is 0 Å². The van der Waals surface area contributed by atoms with Crippen molar-refractivity contribution in [2.75, 3.05) is 5.32 Å². The minimum Gasteiger partial charge on any atom is -0.491 e. The van der Waals surface area contributed by atoms with Crippen molar-refractivity contribution in [2.45, 2.75) is 57.6 Å². The zero-order valence-corrected chi connectivity index (χ0v) is 20.0. The second-order valence-electron chi connectivity index (χ2n) is 8.15. The lowest BCUT2D eigenvalue weighted by Gasteiger charge is -2.20. The van der Waals surface area contributed by atoms with Crippen LogP contribution in [0.15, 0.2) is 53.4 Å². The van der Waals surface area contributed by atoms with Gasteiger partial charge in [-0.25, -0.2) is 13.1 Å². The fourth-order valence-corrected chi connectivity index (χ4v) is 4.17. The smallest absolute Gasteiger partial charge is 0.257 e. The Morgan fingerprint density at radius 2 is 1.77 bits per heavy atom. The number of rotatable bonds is 7. The minimum atomic E-state index is -3.63. The van der Waals surface area contributed by atoms with Crippen LogP contribution in [0.1, 0.15) is 51.4 Å². The van der Waals surface area contributed by atoms with Crippen LogP contribution < -0.4 is 20.1 Å². The Morgan fingerprint density at radius 1 is 1.13 bits per heavy atom. The summed E-state index contributed by atoms with van der Waals surface area (Å²) < 4.78 is 33.1. The zero-order valence-electron chi connectivity index (χ0n) is 18.4. The molecule has 1 amide bonds. The van der Waals surface area contributed by atoms with Gasteiger partial charge in [0.2, 0.25) is 10.0 Å². The van der Waals surface area contributed by atoms with Gasteiger partial charge in [0.05, 0.1) is 11.0 Å². The normalized spacial score (nSPS) is 12.7. The molecule has 0 aliphatic carbocycles. The van der Waals surface area contributed by atoms with E-state index in [2.05, 4.69) is 15.4 Å². The lowest BCUT2D eigenvalue weighted by Crippen LogP contribution is -2.40. The van der Waals surface area contributed by atoms with Crippen LogP contribution in [0.25, 0.3) is 0 Å². The van der Waals surface area contributed by atoms with Crippen LogP contribution in [0.2, 0.25) is 0 Å². The Kier molecular flexibility index (Phi) is 8.16. The molecule has 0 aliphatic rings. The Hall–Kier alpha value is -2.49. The van der Waals surface area contributed by atoms with Gasteiger partial charge in [0, 0.05) is 16.8 Å². The summed E-state index contributed by atoms with van der Waals surface area (Å²) in [7, 11) is -3.63. The number of carbonyl (C=O) groups is 1. The molecule has 3 N–H and O–H groups in total. The monoisotopic (exact) mass is 463 g/mol. The molecule has 2 rings (SSSR count). The van der Waals surface area contributed by atoms with Gasteiger partial charge >= 0.3 is 0 Å². The maximum absolute atomic E-state index is 12.5. The number of nitrogens with one attached hydrogen (secondary N) is 3. The molecule has 2 aromatic rings. The molecule has 0 spiro atoms. The van der Waals surface area contributed by atoms with Gasteiger partial charge in [-0.05, 0) is 88.8 Å². The maximum atomic E-state index is 12.5. The Morgan fingerprint density at radius 3 is 2.35 bits per heavy atom. The highest BCUT2D eigenvalue weighted by Crippen LogP contribution is 2.17. The number of sulfonamides is 1. The highest BCUT2D eigenvalue weighted by molar-refractivity contribution is 7.89. The van der Waals surface area contributed by atoms with Gasteiger partial charge in [-0.15, -0.1) is 0 Å². The van der Waals surface area contributed by atoms with E-state index >= 15 is 0 Å². The Balaban J connectivity index is 2.00. The van der Waals surface area contributed by atoms with E-state index < -0.39 is 15.6 Å². The van der Waals surface area contributed by atoms with Crippen LogP contribution in [-0.2, 0) is 10.0 Å². The first kappa shape index (κ1) is 24.8. The summed E-state index contributed by atoms with van der Waals surface area (Å²) in [5.74, 6) is 0.238. The second-order valence-corrected chi connectivity index (χ2v) is 10.2. The zero-order chi connectivity index (χ0) is 23.2. The largest absolute Gasteiger partial charge is 0.491 e. The number of amides is 1. The number of hydrogen-bond donors (Lipinski definition) is 3. The van der Waals surface area contributed by atoms with E-state index in [0.717, 1.165) is 6.42 Å². The highest BCUT2D eigenvalue weighted by atomic mass is 32.2. The molecule has 0 aromatic heterocycles. The molecule has 9 heteroatoms. The maximum Gasteiger partial charge on any atom is 0.257 e. The van der Waals surface area contributed by atoms with Crippen molar-refractivity contribution < 1.29 is 17.9 Å². The lowest BCUT2D eigenvalue weighted by molar-refractivity contribution is 0.0977. The number of hydrogen-bond acceptors (Lipinski definition) is 5. The van der Waals surface area contributed by atoms with E-state index in [1.54, 1.807) is 57.2 Å². The van der Waals surface area contributed by atoms with Crippen molar-refractivity contribution in [1.82, 2.24) is 10.0 Å². The number of benzene rings is 2. The first-order valence-corrected chi connectivity index (χ1v) is 11.8. The third-order valence-electron chi connectivity index (χ3n) is 4.10. The number of anilines is 1. The van der Waals surface area contributed by atoms with Crippen LogP contribution in [0.5, 0.6) is 5.75 Å². The van der Waals surface area contributed by atoms with Crippen molar-refractivity contribution >= 4 is 38.9 Å². The van der Waals surface area contributed by atoms with Gasteiger partial charge in [-0.1, -0.05) is 13.0 Å². The molecular formula is C22H29N3O4S2. The standard InChI is InChI=1S/C22H29N3O4S2/c1-6-15(2)29-18-9-7-8-16(14-18)20(26)24-21(30)23-17-10-12-19(13-11-17)31(27,28)25-22(3,4)5/h7-15,25H,6H2,1-5H3,(H2,23,24,26,30). The topological polar surface area (TPSA) is 96.5 Å². The summed E-state index contributed by atoms with van der Waals surface area (Å²) in [4.78, 5) is 12.6. The lowest BCUT2D eigenvalue weighted by atomic mass is 10.1. The molecule has 31 heavy (non-hydrogen) atoms. The third kappa shape index (κ3) is 7.93. The molecule has 0 radical (unpaired) electrons. The number of ether oxygens (including phenoxy) is 1. The van der Waals surface area contributed by atoms with Gasteiger partial charge in [0.25, 0.3) is 5.91 Å². The van der Waals surface area contributed by atoms with Crippen molar-refractivity contribution in [2.24, 2.45) is 0 Å². The predicted octanol–water partition coefficient (Wildman–Crippen LogP) is 4.07. The summed E-state index contributed by atoms with van der Waals surface area (Å²) in [6, 6.07) is 13.0. The SMILES string of the molecule is CCC(C)Oc1cccc(C(=O)NC(=S)Nc2ccc(S(=O)(=O)NC(C)(C)C)cc2)c1. The molecule has 0 bridgehead atoms. The van der Waals surface area contributed by atoms with E-state index in [0.29, 0.717) is 17.0 Å². The van der Waals surface area contributed by atoms with Crippen LogP contribution >= 0.6 is 12.2 Å². The predicted molar refractivity (Wildman–Crippen MR) is 127 cm³/mol. The molecule has 0 fully saturated rings. The minimum absolute atomic E-state index is 0.0476. The third-order valence-corrected chi connectivity index (χ3v) is 6.08. The second kappa shape index (κ2) is 10.2. The first-order chi connectivity index (χ1) is 14.4. The Bertz CT molecular complexity index is 1030. The average Bonchev–Trinajstić information content (AvgIpc) is 2.66. The molecule has 0 aliphatic heterocycles. The molecule has 168 valence electrons. The van der Waals surface area contributed by atoms with Gasteiger partial charge in [0.15, 0.2) is 5.11 Å². The summed E-state index contributed by atoms with van der Waals surface area (Å²) in [6.45, 7) is 9.30. The van der Waals surface area contributed by atoms with Crippen LogP contribution in [0, 0.1) is 0 Å². The molecule has 0 heterocycles. The van der Waals surface area contributed by atoms with Crippen LogP contribution in [-0.4, -0.2) is 31.1 Å². The fourth-order valence-electron chi connectivity index (χ4n) is 2.54. The number of thiocarbonyl (C=S) groups is 1. The quantitative estimate of drug-likeness (QED) is 0.536. The molecule has 0 saturated carbocycles. The van der Waals surface area contributed by atoms with Gasteiger partial charge in [-0.3, -0.25) is 10.1 Å². The molecule has 2 aromatic carbocycles. The van der Waals surface area contributed by atoms with Gasteiger partial charge < -0.3 is 10.1 Å². The van der Waals surface area contributed by atoms with Crippen LogP contribution in [0.3, 0.4) is 0 Å². The van der Waals surface area contributed by atoms with E-state index in [1.165, 1.54) is 12.1 Å². The molecular weight excluding hydrogens is 434 g/mol. The summed E-state index contributed by atoms with van der Waals surface area (Å²) >= 11 is 5.21. The van der Waals surface area contributed by atoms with Gasteiger partial charge in [0.1, 0.15) is 5.75 Å². The van der Waals surface area contributed by atoms with Crippen molar-refractivity contribution in [3.63, 3.8) is 0 Å². The van der Waals surface area contributed by atoms with Crippen LogP contribution in [0.4, 0.5) is 5.69 Å². The fraction of sp³-hybridized carbons (Fsp3) is 0.364. The van der Waals surface area contributed by atoms with E-state index in [9.17, 15) is 13.2 Å². The van der Waals surface area contributed by atoms with E-state index in [-0.39, 0.29) is 22.0 Å². The molecule has 1 atom stereocenters. The first-order valence-electron chi connectivity index (χ1n) is 9.93. The average molecular weight is 464 g/mol. The summed E-state index contributed by atoms with van der Waals surface area (Å²) in [5, 5.41) is 5.59. The van der Waals surface area contributed by atoms with E-state index in [4.69, 9.17) is 17.0 Å². The molecule has 7 nitrogen and oxygen atoms in total. The molecule has 1 unspecified atom stereocenters. The van der Waals surface area contributed by atoms with E-state index in [1.807, 2.05) is 13.8 Å². The summed E-state index contributed by atoms with van der Waals surface area (Å²) in [5.41, 5.74) is 0.381. The summed E-state index contributed by atoms with van der Waals surface area (Å²) in [6.07, 6.45) is 0.906. The van der Waals surface area contributed by atoms with Crippen molar-refractivity contribution in [1.29, 1.82) is 0 Å². The van der Waals surface area contributed by atoms with Crippen molar-refractivity contribution in [3.8, 4) is 5.75 Å².